The number of terminal acetylenes is 1. The predicted octanol–water partition coefficient (Wildman–Crippen LogP) is 2.88. The van der Waals surface area contributed by atoms with E-state index in [-0.39, 0.29) is 16.4 Å². The van der Waals surface area contributed by atoms with Crippen LogP contribution in [0.15, 0.2) is 36.5 Å². The van der Waals surface area contributed by atoms with Crippen molar-refractivity contribution in [2.45, 2.75) is 0 Å². The van der Waals surface area contributed by atoms with Crippen molar-refractivity contribution in [3.8, 4) is 12.3 Å². The van der Waals surface area contributed by atoms with Crippen molar-refractivity contribution in [3.05, 3.63) is 62.9 Å². The van der Waals surface area contributed by atoms with Gasteiger partial charge in [-0.05, 0) is 18.2 Å². The number of benzene rings is 1. The summed E-state index contributed by atoms with van der Waals surface area (Å²) in [6, 6.07) is 7.68. The topological polar surface area (TPSA) is 85.1 Å². The van der Waals surface area contributed by atoms with Gasteiger partial charge in [-0.25, -0.2) is 4.98 Å². The molecular formula is C14H8ClN3O3. The Morgan fingerprint density at radius 1 is 1.43 bits per heavy atom. The summed E-state index contributed by atoms with van der Waals surface area (Å²) >= 11 is 5.79. The maximum absolute atomic E-state index is 12.1. The number of halogens is 1. The number of carbonyl (C=O) groups is 1. The van der Waals surface area contributed by atoms with Crippen LogP contribution in [0.4, 0.5) is 11.4 Å². The first-order valence-electron chi connectivity index (χ1n) is 5.69. The molecule has 104 valence electrons. The SMILES string of the molecule is C#Cc1cccc(NC(=O)c2cc([N+](=O)[O-])cnc2Cl)c1. The van der Waals surface area contributed by atoms with Crippen LogP contribution in [0.25, 0.3) is 0 Å². The third-order valence-electron chi connectivity index (χ3n) is 2.57. The second kappa shape index (κ2) is 6.03. The molecule has 1 aromatic heterocycles. The highest BCUT2D eigenvalue weighted by Gasteiger charge is 2.17. The van der Waals surface area contributed by atoms with Gasteiger partial charge in [-0.3, -0.25) is 14.9 Å². The standard InChI is InChI=1S/C14H8ClN3O3/c1-2-9-4-3-5-10(6-9)17-14(19)12-7-11(18(20)21)8-16-13(12)15/h1,3-8H,(H,17,19). The van der Waals surface area contributed by atoms with Gasteiger partial charge >= 0.3 is 0 Å². The van der Waals surface area contributed by atoms with Gasteiger partial charge in [0.1, 0.15) is 11.3 Å². The zero-order valence-corrected chi connectivity index (χ0v) is 11.3. The number of rotatable bonds is 3. The van der Waals surface area contributed by atoms with Crippen LogP contribution in [-0.4, -0.2) is 15.8 Å². The first-order chi connectivity index (χ1) is 10.0. The fourth-order valence-electron chi connectivity index (χ4n) is 1.58. The molecule has 7 heteroatoms. The summed E-state index contributed by atoms with van der Waals surface area (Å²) in [5.41, 5.74) is 0.646. The molecule has 0 atom stereocenters. The van der Waals surface area contributed by atoms with E-state index in [0.29, 0.717) is 11.3 Å². The zero-order valence-electron chi connectivity index (χ0n) is 10.5. The Labute approximate surface area is 124 Å². The van der Waals surface area contributed by atoms with Crippen LogP contribution < -0.4 is 5.32 Å². The molecule has 1 N–H and O–H groups in total. The summed E-state index contributed by atoms with van der Waals surface area (Å²) in [5, 5.41) is 13.1. The first kappa shape index (κ1) is 14.5. The van der Waals surface area contributed by atoms with Crippen LogP contribution in [0.1, 0.15) is 15.9 Å². The Hall–Kier alpha value is -2.91. The van der Waals surface area contributed by atoms with Crippen molar-refractivity contribution in [2.24, 2.45) is 0 Å². The summed E-state index contributed by atoms with van der Waals surface area (Å²) in [7, 11) is 0. The number of carbonyl (C=O) groups excluding carboxylic acids is 1. The van der Waals surface area contributed by atoms with Gasteiger partial charge in [-0.2, -0.15) is 0 Å². The van der Waals surface area contributed by atoms with Crippen molar-refractivity contribution in [1.29, 1.82) is 0 Å². The molecule has 0 aliphatic heterocycles. The molecule has 0 saturated carbocycles. The van der Waals surface area contributed by atoms with Gasteiger partial charge < -0.3 is 5.32 Å². The average Bonchev–Trinajstić information content (AvgIpc) is 2.47. The molecule has 0 unspecified atom stereocenters. The van der Waals surface area contributed by atoms with Gasteiger partial charge in [0, 0.05) is 17.3 Å². The van der Waals surface area contributed by atoms with Gasteiger partial charge in [0.05, 0.1) is 10.5 Å². The zero-order chi connectivity index (χ0) is 15.4. The average molecular weight is 302 g/mol. The second-order valence-corrected chi connectivity index (χ2v) is 4.33. The van der Waals surface area contributed by atoms with Gasteiger partial charge in [0.2, 0.25) is 0 Å². The largest absolute Gasteiger partial charge is 0.322 e. The predicted molar refractivity (Wildman–Crippen MR) is 78.2 cm³/mol. The number of nitrogens with zero attached hydrogens (tertiary/aromatic N) is 2. The Kier molecular flexibility index (Phi) is 4.16. The molecule has 0 spiro atoms. The number of pyridine rings is 1. The molecule has 0 aliphatic carbocycles. The number of anilines is 1. The highest BCUT2D eigenvalue weighted by Crippen LogP contribution is 2.20. The lowest BCUT2D eigenvalue weighted by molar-refractivity contribution is -0.385. The molecular weight excluding hydrogens is 294 g/mol. The maximum Gasteiger partial charge on any atom is 0.288 e. The summed E-state index contributed by atoms with van der Waals surface area (Å²) in [4.78, 5) is 25.8. The van der Waals surface area contributed by atoms with Crippen LogP contribution >= 0.6 is 11.6 Å². The molecule has 1 aromatic carbocycles. The number of aromatic nitrogens is 1. The molecule has 21 heavy (non-hydrogen) atoms. The van der Waals surface area contributed by atoms with E-state index in [0.717, 1.165) is 12.3 Å². The minimum Gasteiger partial charge on any atom is -0.322 e. The Morgan fingerprint density at radius 3 is 2.86 bits per heavy atom. The minimum atomic E-state index is -0.654. The van der Waals surface area contributed by atoms with E-state index in [1.54, 1.807) is 24.3 Å². The third-order valence-corrected chi connectivity index (χ3v) is 2.87. The monoisotopic (exact) mass is 301 g/mol. The third kappa shape index (κ3) is 3.35. The van der Waals surface area contributed by atoms with Crippen LogP contribution in [0.3, 0.4) is 0 Å². The fourth-order valence-corrected chi connectivity index (χ4v) is 1.77. The molecule has 1 heterocycles. The molecule has 0 saturated heterocycles. The van der Waals surface area contributed by atoms with E-state index in [2.05, 4.69) is 16.2 Å². The number of nitro groups is 1. The Morgan fingerprint density at radius 2 is 2.19 bits per heavy atom. The lowest BCUT2D eigenvalue weighted by Crippen LogP contribution is -2.13. The van der Waals surface area contributed by atoms with E-state index in [1.165, 1.54) is 0 Å². The lowest BCUT2D eigenvalue weighted by atomic mass is 10.2. The molecule has 2 rings (SSSR count). The van der Waals surface area contributed by atoms with E-state index in [9.17, 15) is 14.9 Å². The maximum atomic E-state index is 12.1. The summed E-state index contributed by atoms with van der Waals surface area (Å²) < 4.78 is 0. The van der Waals surface area contributed by atoms with Crippen LogP contribution in [-0.2, 0) is 0 Å². The number of hydrogen-bond donors (Lipinski definition) is 1. The number of amides is 1. The van der Waals surface area contributed by atoms with E-state index in [1.807, 2.05) is 0 Å². The highest BCUT2D eigenvalue weighted by atomic mass is 35.5. The molecule has 6 nitrogen and oxygen atoms in total. The van der Waals surface area contributed by atoms with Crippen molar-refractivity contribution in [1.82, 2.24) is 4.98 Å². The number of nitrogens with one attached hydrogen (secondary N) is 1. The van der Waals surface area contributed by atoms with Gasteiger partial charge in [0.25, 0.3) is 11.6 Å². The molecule has 0 fully saturated rings. The van der Waals surface area contributed by atoms with Crippen molar-refractivity contribution >= 4 is 28.9 Å². The second-order valence-electron chi connectivity index (χ2n) is 3.97. The van der Waals surface area contributed by atoms with Crippen LogP contribution in [0, 0.1) is 22.5 Å². The summed E-state index contributed by atoms with van der Waals surface area (Å²) in [5.74, 6) is 1.83. The van der Waals surface area contributed by atoms with Gasteiger partial charge in [-0.1, -0.05) is 23.6 Å². The lowest BCUT2D eigenvalue weighted by Gasteiger charge is -2.06. The normalized spacial score (nSPS) is 9.71. The van der Waals surface area contributed by atoms with E-state index in [4.69, 9.17) is 18.0 Å². The van der Waals surface area contributed by atoms with Gasteiger partial charge in [0.15, 0.2) is 0 Å². The quantitative estimate of drug-likeness (QED) is 0.409. The fraction of sp³-hybridized carbons (Fsp3) is 0. The van der Waals surface area contributed by atoms with Crippen LogP contribution in [0.2, 0.25) is 5.15 Å². The molecule has 0 aliphatic rings. The molecule has 1 amide bonds. The van der Waals surface area contributed by atoms with Crippen molar-refractivity contribution < 1.29 is 9.72 Å². The Balaban J connectivity index is 2.30. The minimum absolute atomic E-state index is 0.0861. The van der Waals surface area contributed by atoms with E-state index < -0.39 is 10.8 Å². The Bertz CT molecular complexity index is 768. The van der Waals surface area contributed by atoms with Gasteiger partial charge in [-0.15, -0.1) is 6.42 Å². The summed E-state index contributed by atoms with van der Waals surface area (Å²) in [6.07, 6.45) is 6.25. The first-order valence-corrected chi connectivity index (χ1v) is 6.07. The van der Waals surface area contributed by atoms with Crippen molar-refractivity contribution in [2.75, 3.05) is 5.32 Å². The molecule has 0 bridgehead atoms. The smallest absolute Gasteiger partial charge is 0.288 e. The molecule has 2 aromatic rings. The molecule has 0 radical (unpaired) electrons. The van der Waals surface area contributed by atoms with Crippen LogP contribution in [0.5, 0.6) is 0 Å². The highest BCUT2D eigenvalue weighted by molar-refractivity contribution is 6.33. The van der Waals surface area contributed by atoms with E-state index >= 15 is 0 Å². The number of hydrogen-bond acceptors (Lipinski definition) is 4. The summed E-state index contributed by atoms with van der Waals surface area (Å²) in [6.45, 7) is 0. The van der Waals surface area contributed by atoms with Crippen molar-refractivity contribution in [3.63, 3.8) is 0 Å².